The van der Waals surface area contributed by atoms with E-state index in [0.717, 1.165) is 0 Å². The molecule has 2 amide bonds. The average molecular weight is 695 g/mol. The van der Waals surface area contributed by atoms with Crippen LogP contribution in [0.2, 0.25) is 0 Å². The van der Waals surface area contributed by atoms with Crippen LogP contribution in [0.1, 0.15) is 87.9 Å². The molecule has 2 fully saturated rings. The van der Waals surface area contributed by atoms with Crippen molar-refractivity contribution in [1.82, 2.24) is 9.80 Å². The van der Waals surface area contributed by atoms with Crippen LogP contribution in [0.25, 0.3) is 0 Å². The second kappa shape index (κ2) is 14.4. The fourth-order valence-corrected chi connectivity index (χ4v) is 5.66. The Morgan fingerprint density at radius 3 is 1.36 bits per heavy atom. The molecule has 2 saturated heterocycles. The van der Waals surface area contributed by atoms with E-state index < -0.39 is 72.2 Å². The van der Waals surface area contributed by atoms with Crippen LogP contribution in [0.5, 0.6) is 23.0 Å². The van der Waals surface area contributed by atoms with Gasteiger partial charge in [-0.15, -0.1) is 0 Å². The summed E-state index contributed by atoms with van der Waals surface area (Å²) in [6.45, 7) is 10.1. The second-order valence-corrected chi connectivity index (χ2v) is 14.3. The summed E-state index contributed by atoms with van der Waals surface area (Å²) in [6.07, 6.45) is 0.810. The van der Waals surface area contributed by atoms with E-state index in [2.05, 4.69) is 0 Å². The summed E-state index contributed by atoms with van der Waals surface area (Å²) in [6, 6.07) is 7.26. The van der Waals surface area contributed by atoms with Crippen molar-refractivity contribution >= 4 is 35.7 Å². The maximum absolute atomic E-state index is 12.9. The number of esters is 2. The first-order chi connectivity index (χ1) is 23.5. The largest absolute Gasteiger partial charge is 0.456 e. The first-order valence-electron chi connectivity index (χ1n) is 16.5. The van der Waals surface area contributed by atoms with Gasteiger partial charge in [0.05, 0.1) is 0 Å². The first kappa shape index (κ1) is 36.1. The molecule has 0 N–H and O–H groups in total. The third-order valence-electron chi connectivity index (χ3n) is 7.97. The van der Waals surface area contributed by atoms with Crippen LogP contribution >= 0.6 is 0 Å². The highest BCUT2D eigenvalue weighted by atomic mass is 16.6. The zero-order chi connectivity index (χ0) is 36.4. The van der Waals surface area contributed by atoms with Crippen LogP contribution < -0.4 is 9.47 Å². The van der Waals surface area contributed by atoms with Crippen molar-refractivity contribution < 1.29 is 57.2 Å². The van der Waals surface area contributed by atoms with Crippen molar-refractivity contribution in [1.29, 1.82) is 0 Å². The maximum atomic E-state index is 12.9. The summed E-state index contributed by atoms with van der Waals surface area (Å²) in [5.41, 5.74) is -1.02. The minimum Gasteiger partial charge on any atom is -0.456 e. The smallest absolute Gasteiger partial charge is 0.411 e. The molecule has 0 saturated carbocycles. The molecular formula is C36H42N2O12. The molecule has 5 rings (SSSR count). The number of ether oxygens (including phenoxy) is 6. The minimum absolute atomic E-state index is 0.208. The molecule has 0 radical (unpaired) electrons. The van der Waals surface area contributed by atoms with Gasteiger partial charge in [0.2, 0.25) is 0 Å². The molecule has 3 heterocycles. The normalized spacial score (nSPS) is 18.2. The molecule has 0 aromatic heterocycles. The van der Waals surface area contributed by atoms with Crippen molar-refractivity contribution in [2.75, 3.05) is 26.3 Å². The Morgan fingerprint density at radius 2 is 1.00 bits per heavy atom. The Balaban J connectivity index is 1.14. The van der Waals surface area contributed by atoms with E-state index in [0.29, 0.717) is 38.8 Å². The molecule has 0 aliphatic carbocycles. The lowest BCUT2D eigenvalue weighted by atomic mass is 10.1. The number of benzene rings is 2. The molecule has 3 aliphatic heterocycles. The highest BCUT2D eigenvalue weighted by Crippen LogP contribution is 2.46. The number of hydrogen-bond acceptors (Lipinski definition) is 12. The summed E-state index contributed by atoms with van der Waals surface area (Å²) < 4.78 is 33.2. The number of Topliss-reactive ketones (excluding diaryl/α,β-unsaturated/α-hetero) is 2. The number of carbonyl (C=O) groups excluding carboxylic acids is 6. The standard InChI is InChI=1S/C36H42N2O12/c1-35(2,3)49-33(43)37-15-7-9-23(37)31(41)45-19-25(39)21-11-13-27-29(17-21)47-28-14-12-22(18-30(28)48-27)26(40)20-46-32(42)24-10-8-16-38(24)34(44)50-36(4,5)6/h11-14,17-18,23-24H,7-10,15-16,19-20H2,1-6H3. The Labute approximate surface area is 289 Å². The lowest BCUT2D eigenvalue weighted by Gasteiger charge is -2.27. The molecule has 2 aromatic rings. The number of nitrogens with zero attached hydrogens (tertiary/aromatic N) is 2. The van der Waals surface area contributed by atoms with Crippen LogP contribution in [0, 0.1) is 0 Å². The summed E-state index contributed by atoms with van der Waals surface area (Å²) in [5, 5.41) is 0. The van der Waals surface area contributed by atoms with E-state index in [1.807, 2.05) is 0 Å². The van der Waals surface area contributed by atoms with E-state index in [-0.39, 0.29) is 34.1 Å². The number of ketones is 2. The van der Waals surface area contributed by atoms with Gasteiger partial charge in [-0.3, -0.25) is 19.4 Å². The van der Waals surface area contributed by atoms with Gasteiger partial charge < -0.3 is 28.4 Å². The maximum Gasteiger partial charge on any atom is 0.411 e. The predicted octanol–water partition coefficient (Wildman–Crippen LogP) is 5.84. The number of rotatable bonds is 8. The summed E-state index contributed by atoms with van der Waals surface area (Å²) in [5.74, 6) is -1.31. The van der Waals surface area contributed by atoms with Crippen LogP contribution in [0.3, 0.4) is 0 Å². The quantitative estimate of drug-likeness (QED) is 0.158. The van der Waals surface area contributed by atoms with Gasteiger partial charge in [-0.25, -0.2) is 19.2 Å². The average Bonchev–Trinajstić information content (AvgIpc) is 3.74. The van der Waals surface area contributed by atoms with Crippen LogP contribution in [-0.4, -0.2) is 95.1 Å². The lowest BCUT2D eigenvalue weighted by Crippen LogP contribution is -2.44. The highest BCUT2D eigenvalue weighted by molar-refractivity contribution is 6.00. The second-order valence-electron chi connectivity index (χ2n) is 14.3. The van der Waals surface area contributed by atoms with Crippen molar-refractivity contribution in [3.63, 3.8) is 0 Å². The molecule has 14 heteroatoms. The molecule has 2 atom stereocenters. The third kappa shape index (κ3) is 8.71. The van der Waals surface area contributed by atoms with Gasteiger partial charge in [0.25, 0.3) is 0 Å². The minimum atomic E-state index is -0.833. The van der Waals surface area contributed by atoms with Gasteiger partial charge in [0.1, 0.15) is 23.3 Å². The fourth-order valence-electron chi connectivity index (χ4n) is 5.66. The number of likely N-dealkylation sites (tertiary alicyclic amines) is 2. The monoisotopic (exact) mass is 694 g/mol. The molecule has 2 unspecified atom stereocenters. The molecule has 268 valence electrons. The summed E-state index contributed by atoms with van der Waals surface area (Å²) in [7, 11) is 0. The molecule has 14 nitrogen and oxygen atoms in total. The summed E-state index contributed by atoms with van der Waals surface area (Å²) in [4.78, 5) is 79.1. The van der Waals surface area contributed by atoms with E-state index in [1.54, 1.807) is 41.5 Å². The van der Waals surface area contributed by atoms with Gasteiger partial charge >= 0.3 is 24.1 Å². The van der Waals surface area contributed by atoms with Gasteiger partial charge in [-0.2, -0.15) is 0 Å². The molecule has 3 aliphatic rings. The molecule has 2 aromatic carbocycles. The van der Waals surface area contributed by atoms with Crippen LogP contribution in [-0.2, 0) is 28.5 Å². The topological polar surface area (TPSA) is 164 Å². The zero-order valence-electron chi connectivity index (χ0n) is 29.1. The number of fused-ring (bicyclic) bond motifs is 2. The van der Waals surface area contributed by atoms with Gasteiger partial charge in [0.15, 0.2) is 47.8 Å². The number of carbonyl (C=O) groups is 6. The molecule has 0 spiro atoms. The Hall–Kier alpha value is -5.14. The molecule has 50 heavy (non-hydrogen) atoms. The lowest BCUT2D eigenvalue weighted by molar-refractivity contribution is -0.148. The summed E-state index contributed by atoms with van der Waals surface area (Å²) >= 11 is 0. The Kier molecular flexibility index (Phi) is 10.4. The van der Waals surface area contributed by atoms with Crippen LogP contribution in [0.15, 0.2) is 36.4 Å². The highest BCUT2D eigenvalue weighted by Gasteiger charge is 2.39. The number of hydrogen-bond donors (Lipinski definition) is 0. The zero-order valence-corrected chi connectivity index (χ0v) is 29.1. The third-order valence-corrected chi connectivity index (χ3v) is 7.97. The van der Waals surface area contributed by atoms with Gasteiger partial charge in [-0.1, -0.05) is 0 Å². The Bertz CT molecular complexity index is 1570. The van der Waals surface area contributed by atoms with Crippen molar-refractivity contribution in [3.8, 4) is 23.0 Å². The van der Waals surface area contributed by atoms with Crippen molar-refractivity contribution in [2.24, 2.45) is 0 Å². The SMILES string of the molecule is CC(C)(C)OC(=O)N1CCCC1C(=O)OCC(=O)c1ccc2c(c1)Oc1ccc(C(=O)COC(=O)C3CCCN3C(=O)OC(C)(C)C)cc1O2. The Morgan fingerprint density at radius 1 is 0.620 bits per heavy atom. The van der Waals surface area contributed by atoms with Gasteiger partial charge in [0, 0.05) is 24.2 Å². The van der Waals surface area contributed by atoms with E-state index in [4.69, 9.17) is 28.4 Å². The fraction of sp³-hybridized carbons (Fsp3) is 0.500. The van der Waals surface area contributed by atoms with E-state index >= 15 is 0 Å². The van der Waals surface area contributed by atoms with Crippen molar-refractivity contribution in [2.45, 2.75) is 90.5 Å². The molecular weight excluding hydrogens is 652 g/mol. The van der Waals surface area contributed by atoms with Crippen molar-refractivity contribution in [3.05, 3.63) is 47.5 Å². The predicted molar refractivity (Wildman–Crippen MR) is 176 cm³/mol. The van der Waals surface area contributed by atoms with E-state index in [1.165, 1.54) is 46.2 Å². The van der Waals surface area contributed by atoms with Gasteiger partial charge in [-0.05, 0) is 104 Å². The van der Waals surface area contributed by atoms with Crippen LogP contribution in [0.4, 0.5) is 9.59 Å². The first-order valence-corrected chi connectivity index (χ1v) is 16.5. The molecule has 0 bridgehead atoms. The van der Waals surface area contributed by atoms with E-state index in [9.17, 15) is 28.8 Å². The number of amides is 2.